The van der Waals surface area contributed by atoms with Crippen LogP contribution in [0.5, 0.6) is 0 Å². The molecule has 0 bridgehead atoms. The monoisotopic (exact) mass is 390 g/mol. The first-order valence-corrected chi connectivity index (χ1v) is 9.58. The van der Waals surface area contributed by atoms with Crippen molar-refractivity contribution in [3.63, 3.8) is 0 Å². The summed E-state index contributed by atoms with van der Waals surface area (Å²) in [6.07, 6.45) is 1.80. The molecule has 1 heterocycles. The largest absolute Gasteiger partial charge is 0.283 e. The van der Waals surface area contributed by atoms with Crippen LogP contribution < -0.4 is 4.90 Å². The van der Waals surface area contributed by atoms with E-state index >= 15 is 0 Å². The Balaban J connectivity index is 1.75. The zero-order chi connectivity index (χ0) is 18.6. The maximum atomic E-state index is 13.1. The number of nitrogens with zero attached hydrogens (tertiary/aromatic N) is 2. The van der Waals surface area contributed by atoms with Crippen LogP contribution >= 0.6 is 23.4 Å². The van der Waals surface area contributed by atoms with E-state index in [0.29, 0.717) is 21.6 Å². The molecule has 3 aromatic rings. The predicted octanol–water partition coefficient (Wildman–Crippen LogP) is 5.88. The molecule has 1 amide bonds. The SMILES string of the molecule is O=C1/C(=C\c2ccccc2)N=C(Sc2ccccc2)N1c1cccc(Cl)c1. The van der Waals surface area contributed by atoms with Crippen molar-refractivity contribution in [3.8, 4) is 0 Å². The summed E-state index contributed by atoms with van der Waals surface area (Å²) in [4.78, 5) is 20.4. The number of carbonyl (C=O) groups is 1. The Morgan fingerprint density at radius 1 is 0.889 bits per heavy atom. The quantitative estimate of drug-likeness (QED) is 0.523. The molecule has 0 radical (unpaired) electrons. The molecule has 5 heteroatoms. The van der Waals surface area contributed by atoms with E-state index in [1.807, 2.05) is 72.8 Å². The van der Waals surface area contributed by atoms with Gasteiger partial charge in [-0.25, -0.2) is 4.99 Å². The van der Waals surface area contributed by atoms with E-state index < -0.39 is 0 Å². The molecule has 0 saturated heterocycles. The van der Waals surface area contributed by atoms with Gasteiger partial charge in [0, 0.05) is 9.92 Å². The van der Waals surface area contributed by atoms with Gasteiger partial charge in [0.15, 0.2) is 5.17 Å². The van der Waals surface area contributed by atoms with Crippen molar-refractivity contribution in [2.75, 3.05) is 4.90 Å². The molecule has 0 fully saturated rings. The van der Waals surface area contributed by atoms with E-state index in [4.69, 9.17) is 11.6 Å². The second-order valence-corrected chi connectivity index (χ2v) is 7.35. The zero-order valence-electron chi connectivity index (χ0n) is 14.2. The number of hydrogen-bond donors (Lipinski definition) is 0. The number of amides is 1. The number of thioether (sulfide) groups is 1. The Bertz CT molecular complexity index is 1030. The van der Waals surface area contributed by atoms with Gasteiger partial charge in [0.1, 0.15) is 5.70 Å². The fourth-order valence-electron chi connectivity index (χ4n) is 2.71. The first-order chi connectivity index (χ1) is 13.2. The molecule has 1 aliphatic rings. The summed E-state index contributed by atoms with van der Waals surface area (Å²) in [6.45, 7) is 0. The Morgan fingerprint density at radius 3 is 2.30 bits per heavy atom. The number of anilines is 1. The smallest absolute Gasteiger partial charge is 0.266 e. The normalized spacial score (nSPS) is 15.3. The molecule has 132 valence electrons. The minimum Gasteiger partial charge on any atom is -0.266 e. The first kappa shape index (κ1) is 17.6. The van der Waals surface area contributed by atoms with Gasteiger partial charge in [0.2, 0.25) is 0 Å². The lowest BCUT2D eigenvalue weighted by Crippen LogP contribution is -2.30. The number of hydrogen-bond acceptors (Lipinski definition) is 3. The summed E-state index contributed by atoms with van der Waals surface area (Å²) in [7, 11) is 0. The van der Waals surface area contributed by atoms with E-state index in [1.54, 1.807) is 23.1 Å². The maximum absolute atomic E-state index is 13.1. The van der Waals surface area contributed by atoms with Crippen LogP contribution in [0, 0.1) is 0 Å². The third kappa shape index (κ3) is 3.97. The molecule has 0 aromatic heterocycles. The lowest BCUT2D eigenvalue weighted by molar-refractivity contribution is -0.113. The highest BCUT2D eigenvalue weighted by molar-refractivity contribution is 8.14. The van der Waals surface area contributed by atoms with Crippen LogP contribution in [0.1, 0.15) is 5.56 Å². The molecule has 0 aliphatic carbocycles. The molecule has 1 aliphatic heterocycles. The van der Waals surface area contributed by atoms with Gasteiger partial charge in [-0.15, -0.1) is 0 Å². The molecule has 27 heavy (non-hydrogen) atoms. The molecule has 0 unspecified atom stereocenters. The fraction of sp³-hybridized carbons (Fsp3) is 0. The van der Waals surface area contributed by atoms with Gasteiger partial charge in [0.05, 0.1) is 5.69 Å². The van der Waals surface area contributed by atoms with Crippen LogP contribution in [-0.4, -0.2) is 11.1 Å². The van der Waals surface area contributed by atoms with Crippen LogP contribution in [0.3, 0.4) is 0 Å². The molecule has 3 aromatic carbocycles. The van der Waals surface area contributed by atoms with Crippen LogP contribution in [-0.2, 0) is 4.79 Å². The Kier molecular flexibility index (Phi) is 5.10. The summed E-state index contributed by atoms with van der Waals surface area (Å²) < 4.78 is 0. The predicted molar refractivity (Wildman–Crippen MR) is 113 cm³/mol. The molecule has 0 spiro atoms. The van der Waals surface area contributed by atoms with Crippen molar-refractivity contribution in [1.29, 1.82) is 0 Å². The van der Waals surface area contributed by atoms with Crippen molar-refractivity contribution in [1.82, 2.24) is 0 Å². The van der Waals surface area contributed by atoms with Gasteiger partial charge in [-0.1, -0.05) is 78.0 Å². The first-order valence-electron chi connectivity index (χ1n) is 8.39. The highest BCUT2D eigenvalue weighted by Crippen LogP contribution is 2.33. The average Bonchev–Trinajstić information content (AvgIpc) is 2.98. The van der Waals surface area contributed by atoms with Crippen molar-refractivity contribution < 1.29 is 4.79 Å². The number of halogens is 1. The van der Waals surface area contributed by atoms with E-state index in [-0.39, 0.29) is 5.91 Å². The van der Waals surface area contributed by atoms with E-state index in [1.165, 1.54) is 11.8 Å². The van der Waals surface area contributed by atoms with E-state index in [0.717, 1.165) is 10.5 Å². The van der Waals surface area contributed by atoms with Crippen LogP contribution in [0.4, 0.5) is 5.69 Å². The average molecular weight is 391 g/mol. The second-order valence-electron chi connectivity index (χ2n) is 5.87. The van der Waals surface area contributed by atoms with Gasteiger partial charge >= 0.3 is 0 Å². The Labute approximate surface area is 167 Å². The van der Waals surface area contributed by atoms with Gasteiger partial charge in [0.25, 0.3) is 5.91 Å². The topological polar surface area (TPSA) is 32.7 Å². The van der Waals surface area contributed by atoms with Crippen LogP contribution in [0.2, 0.25) is 5.02 Å². The van der Waals surface area contributed by atoms with Gasteiger partial charge in [-0.2, -0.15) is 0 Å². The molecule has 3 nitrogen and oxygen atoms in total. The number of amidine groups is 1. The Hall–Kier alpha value is -2.82. The summed E-state index contributed by atoms with van der Waals surface area (Å²) in [6, 6.07) is 26.8. The minimum absolute atomic E-state index is 0.167. The molecule has 4 rings (SSSR count). The summed E-state index contributed by atoms with van der Waals surface area (Å²) in [5.41, 5.74) is 2.03. The third-order valence-electron chi connectivity index (χ3n) is 3.95. The molecular formula is C22H15ClN2OS. The van der Waals surface area contributed by atoms with Gasteiger partial charge in [-0.05, 0) is 42.0 Å². The van der Waals surface area contributed by atoms with Crippen LogP contribution in [0.15, 0.2) is 101 Å². The van der Waals surface area contributed by atoms with Crippen molar-refractivity contribution in [3.05, 3.63) is 101 Å². The van der Waals surface area contributed by atoms with Crippen LogP contribution in [0.25, 0.3) is 6.08 Å². The molecular weight excluding hydrogens is 376 g/mol. The minimum atomic E-state index is -0.167. The number of aliphatic imine (C=N–C) groups is 1. The lowest BCUT2D eigenvalue weighted by Gasteiger charge is -2.18. The fourth-order valence-corrected chi connectivity index (χ4v) is 3.82. The van der Waals surface area contributed by atoms with Gasteiger partial charge < -0.3 is 0 Å². The third-order valence-corrected chi connectivity index (χ3v) is 5.15. The van der Waals surface area contributed by atoms with Crippen molar-refractivity contribution in [2.24, 2.45) is 4.99 Å². The highest BCUT2D eigenvalue weighted by atomic mass is 35.5. The van der Waals surface area contributed by atoms with Gasteiger partial charge in [-0.3, -0.25) is 9.69 Å². The Morgan fingerprint density at radius 2 is 1.59 bits per heavy atom. The zero-order valence-corrected chi connectivity index (χ0v) is 15.8. The summed E-state index contributed by atoms with van der Waals surface area (Å²) >= 11 is 7.60. The van der Waals surface area contributed by atoms with E-state index in [9.17, 15) is 4.79 Å². The lowest BCUT2D eigenvalue weighted by atomic mass is 10.2. The number of carbonyl (C=O) groups excluding carboxylic acids is 1. The van der Waals surface area contributed by atoms with Crippen molar-refractivity contribution >= 4 is 46.2 Å². The van der Waals surface area contributed by atoms with Crippen molar-refractivity contribution in [2.45, 2.75) is 4.90 Å². The highest BCUT2D eigenvalue weighted by Gasteiger charge is 2.32. The molecule has 0 N–H and O–H groups in total. The maximum Gasteiger partial charge on any atom is 0.283 e. The summed E-state index contributed by atoms with van der Waals surface area (Å²) in [5.74, 6) is -0.167. The molecule has 0 atom stereocenters. The number of benzene rings is 3. The van der Waals surface area contributed by atoms with E-state index in [2.05, 4.69) is 4.99 Å². The standard InChI is InChI=1S/C22H15ClN2OS/c23-17-10-7-11-18(15-17)25-21(26)20(14-16-8-3-1-4-9-16)24-22(25)27-19-12-5-2-6-13-19/h1-15H/b20-14+. The second kappa shape index (κ2) is 7.82. The number of rotatable bonds is 3. The molecule has 0 saturated carbocycles. The summed E-state index contributed by atoms with van der Waals surface area (Å²) in [5, 5.41) is 1.18.